The lowest BCUT2D eigenvalue weighted by Gasteiger charge is -2.47. The fraction of sp³-hybridized carbons (Fsp3) is 0.400. The highest BCUT2D eigenvalue weighted by Crippen LogP contribution is 2.40. The molecule has 10 nitrogen and oxygen atoms in total. The van der Waals surface area contributed by atoms with Gasteiger partial charge in [0.15, 0.2) is 12.1 Å². The summed E-state index contributed by atoms with van der Waals surface area (Å²) in [5, 5.41) is 0. The molecule has 2 heterocycles. The average Bonchev–Trinajstić information content (AvgIpc) is 3.54. The number of esters is 1. The zero-order valence-corrected chi connectivity index (χ0v) is 31.6. The van der Waals surface area contributed by atoms with Crippen molar-refractivity contribution in [1.82, 2.24) is 0 Å². The van der Waals surface area contributed by atoms with Gasteiger partial charge in [-0.25, -0.2) is 4.79 Å². The number of methoxy groups -OCH3 is 1. The van der Waals surface area contributed by atoms with E-state index < -0.39 is 60.8 Å². The largest absolute Gasteiger partial charge is 0.466 e. The van der Waals surface area contributed by atoms with Crippen LogP contribution in [0.15, 0.2) is 133 Å². The van der Waals surface area contributed by atoms with Gasteiger partial charge in [-0.1, -0.05) is 121 Å². The van der Waals surface area contributed by atoms with Crippen LogP contribution in [0.25, 0.3) is 0 Å². The highest BCUT2D eigenvalue weighted by atomic mass is 16.8. The molecule has 290 valence electrons. The molecule has 2 saturated heterocycles. The smallest absolute Gasteiger partial charge is 0.333 e. The monoisotopic (exact) mass is 750 g/mol. The van der Waals surface area contributed by atoms with Gasteiger partial charge in [0.05, 0.1) is 46.2 Å². The lowest BCUT2D eigenvalue weighted by molar-refractivity contribution is -0.341. The summed E-state index contributed by atoms with van der Waals surface area (Å²) in [4.78, 5) is 12.9. The number of carbonyl (C=O) groups is 1. The molecule has 10 heteroatoms. The Kier molecular flexibility index (Phi) is 13.2. The van der Waals surface area contributed by atoms with Crippen LogP contribution < -0.4 is 0 Å². The van der Waals surface area contributed by atoms with E-state index in [1.807, 2.05) is 135 Å². The third kappa shape index (κ3) is 10.3. The normalized spacial score (nSPS) is 27.2. The maximum absolute atomic E-state index is 12.9. The van der Waals surface area contributed by atoms with Crippen LogP contribution in [0.3, 0.4) is 0 Å². The lowest BCUT2D eigenvalue weighted by atomic mass is 9.91. The second-order valence-corrected chi connectivity index (χ2v) is 14.5. The fourth-order valence-electron chi connectivity index (χ4n) is 7.27. The number of ether oxygens (including phenoxy) is 9. The summed E-state index contributed by atoms with van der Waals surface area (Å²) in [6.07, 6.45) is -3.43. The maximum Gasteiger partial charge on any atom is 0.333 e. The molecule has 0 radical (unpaired) electrons. The van der Waals surface area contributed by atoms with E-state index in [2.05, 4.69) is 0 Å². The average molecular weight is 751 g/mol. The summed E-state index contributed by atoms with van der Waals surface area (Å²) in [7, 11) is 1.36. The minimum absolute atomic E-state index is 0.182. The number of hydrogen-bond acceptors (Lipinski definition) is 10. The Morgan fingerprint density at radius 1 is 0.655 bits per heavy atom. The van der Waals surface area contributed by atoms with Gasteiger partial charge in [0.25, 0.3) is 0 Å². The first-order valence-electron chi connectivity index (χ1n) is 18.9. The van der Waals surface area contributed by atoms with Crippen LogP contribution in [0, 0.1) is 0 Å². The molecular weight excluding hydrogens is 700 g/mol. The van der Waals surface area contributed by atoms with Crippen LogP contribution in [0.1, 0.15) is 42.5 Å². The van der Waals surface area contributed by atoms with Gasteiger partial charge in [0, 0.05) is 12.0 Å². The van der Waals surface area contributed by atoms with Crippen molar-refractivity contribution < 1.29 is 47.4 Å². The van der Waals surface area contributed by atoms with E-state index in [1.54, 1.807) is 6.08 Å². The van der Waals surface area contributed by atoms with Crippen LogP contribution in [-0.4, -0.2) is 74.5 Å². The Bertz CT molecular complexity index is 1800. The molecule has 2 fully saturated rings. The molecule has 0 spiro atoms. The number of fused-ring (bicyclic) bond motifs is 1. The fourth-order valence-corrected chi connectivity index (χ4v) is 7.27. The maximum atomic E-state index is 12.9. The molecular formula is C45H50O10. The molecule has 0 unspecified atom stereocenters. The van der Waals surface area contributed by atoms with E-state index in [0.717, 1.165) is 22.3 Å². The van der Waals surface area contributed by atoms with Gasteiger partial charge in [-0.2, -0.15) is 0 Å². The van der Waals surface area contributed by atoms with Crippen LogP contribution in [0.4, 0.5) is 0 Å². The molecule has 4 aromatic rings. The van der Waals surface area contributed by atoms with E-state index in [-0.39, 0.29) is 19.6 Å². The molecule has 1 aliphatic carbocycles. The van der Waals surface area contributed by atoms with Gasteiger partial charge in [0.2, 0.25) is 0 Å². The molecule has 0 amide bonds. The molecule has 3 aliphatic rings. The zero-order valence-electron chi connectivity index (χ0n) is 31.6. The van der Waals surface area contributed by atoms with Crippen molar-refractivity contribution in [1.29, 1.82) is 0 Å². The Hall–Kier alpha value is -4.23. The van der Waals surface area contributed by atoms with Crippen molar-refractivity contribution in [3.8, 4) is 0 Å². The summed E-state index contributed by atoms with van der Waals surface area (Å²) in [5.74, 6) is -1.35. The first-order valence-corrected chi connectivity index (χ1v) is 18.9. The minimum Gasteiger partial charge on any atom is -0.466 e. The van der Waals surface area contributed by atoms with Crippen molar-refractivity contribution in [2.75, 3.05) is 13.7 Å². The number of benzene rings is 4. The zero-order chi connectivity index (χ0) is 38.0. The van der Waals surface area contributed by atoms with Crippen LogP contribution in [0.2, 0.25) is 0 Å². The van der Waals surface area contributed by atoms with Crippen molar-refractivity contribution in [2.24, 2.45) is 0 Å². The van der Waals surface area contributed by atoms with Crippen LogP contribution in [0.5, 0.6) is 0 Å². The van der Waals surface area contributed by atoms with E-state index in [1.165, 1.54) is 7.11 Å². The van der Waals surface area contributed by atoms with E-state index in [0.29, 0.717) is 25.4 Å². The molecule has 4 aromatic carbocycles. The molecule has 0 aromatic heterocycles. The molecule has 0 bridgehead atoms. The topological polar surface area (TPSA) is 100 Å². The quantitative estimate of drug-likeness (QED) is 0.110. The van der Waals surface area contributed by atoms with Gasteiger partial charge in [0.1, 0.15) is 36.6 Å². The molecule has 2 aliphatic heterocycles. The Morgan fingerprint density at radius 2 is 1.15 bits per heavy atom. The predicted octanol–water partition coefficient (Wildman–Crippen LogP) is 7.09. The van der Waals surface area contributed by atoms with Crippen molar-refractivity contribution >= 4 is 5.97 Å². The van der Waals surface area contributed by atoms with Gasteiger partial charge in [-0.15, -0.1) is 0 Å². The first kappa shape index (κ1) is 39.0. The van der Waals surface area contributed by atoms with Crippen LogP contribution in [-0.2, 0) is 73.9 Å². The SMILES string of the molecule is COC(=O)C1=C[C@H]2OC(C)(C)O[C@H]2[C@H](O[C@H]2O[C@H](COCc3ccccc3)[C@@H](OCc3ccccc3)[C@H](OCc3ccccc3)[C@H]2OCc2ccccc2)C1. The van der Waals surface area contributed by atoms with Gasteiger partial charge in [-0.3, -0.25) is 0 Å². The standard InChI is InChI=1S/C45H50O10/c1-45(2)54-37-25-35(43(46)47-3)24-36(39(37)55-45)52-44-42(51-29-34-22-14-7-15-23-34)41(50-28-33-20-12-6-13-21-33)40(49-27-32-18-10-5-11-19-32)38(53-44)30-48-26-31-16-8-4-9-17-31/h4-23,25,36-42,44H,24,26-30H2,1-3H3/t36-,37-,38-,39+,40-,41+,42-,44+/m1/s1. The van der Waals surface area contributed by atoms with Crippen LogP contribution >= 0.6 is 0 Å². The molecule has 0 N–H and O–H groups in total. The van der Waals surface area contributed by atoms with E-state index in [4.69, 9.17) is 42.6 Å². The third-order valence-corrected chi connectivity index (χ3v) is 9.91. The summed E-state index contributed by atoms with van der Waals surface area (Å²) in [6.45, 7) is 5.12. The summed E-state index contributed by atoms with van der Waals surface area (Å²) < 4.78 is 58.4. The second kappa shape index (κ2) is 18.6. The summed E-state index contributed by atoms with van der Waals surface area (Å²) >= 11 is 0. The Balaban J connectivity index is 1.23. The second-order valence-electron chi connectivity index (χ2n) is 14.5. The highest BCUT2D eigenvalue weighted by Gasteiger charge is 2.53. The number of carbonyl (C=O) groups excluding carboxylic acids is 1. The minimum atomic E-state index is -0.985. The molecule has 7 rings (SSSR count). The highest BCUT2D eigenvalue weighted by molar-refractivity contribution is 5.88. The van der Waals surface area contributed by atoms with Crippen molar-refractivity contribution in [2.45, 2.75) is 102 Å². The number of hydrogen-bond donors (Lipinski definition) is 0. The van der Waals surface area contributed by atoms with Gasteiger partial charge >= 0.3 is 5.97 Å². The lowest BCUT2D eigenvalue weighted by Crippen LogP contribution is -2.63. The molecule has 55 heavy (non-hydrogen) atoms. The van der Waals surface area contributed by atoms with E-state index >= 15 is 0 Å². The predicted molar refractivity (Wildman–Crippen MR) is 203 cm³/mol. The summed E-state index contributed by atoms with van der Waals surface area (Å²) in [5.41, 5.74) is 4.45. The molecule has 8 atom stereocenters. The van der Waals surface area contributed by atoms with E-state index in [9.17, 15) is 4.79 Å². The first-order chi connectivity index (χ1) is 26.8. The third-order valence-electron chi connectivity index (χ3n) is 9.91. The Morgan fingerprint density at radius 3 is 1.67 bits per heavy atom. The van der Waals surface area contributed by atoms with Gasteiger partial charge < -0.3 is 42.6 Å². The Labute approximate surface area is 323 Å². The van der Waals surface area contributed by atoms with Gasteiger partial charge in [-0.05, 0) is 42.2 Å². The van der Waals surface area contributed by atoms with Crippen molar-refractivity contribution in [3.05, 3.63) is 155 Å². The van der Waals surface area contributed by atoms with Crippen molar-refractivity contribution in [3.63, 3.8) is 0 Å². The molecule has 0 saturated carbocycles. The number of rotatable bonds is 16. The summed E-state index contributed by atoms with van der Waals surface area (Å²) in [6, 6.07) is 39.9.